The van der Waals surface area contributed by atoms with Gasteiger partial charge in [0.1, 0.15) is 18.1 Å². The highest BCUT2D eigenvalue weighted by molar-refractivity contribution is 5.77. The SMILES string of the molecule is CNCCC1CCN(C(=O)COc2ccc(OCc3ccccc3)cc2)CC1. The molecule has 5 nitrogen and oxygen atoms in total. The Balaban J connectivity index is 1.38. The number of nitrogens with zero attached hydrogens (tertiary/aromatic N) is 1. The van der Waals surface area contributed by atoms with Crippen LogP contribution in [0.3, 0.4) is 0 Å². The molecule has 0 saturated carbocycles. The van der Waals surface area contributed by atoms with Gasteiger partial charge in [0.25, 0.3) is 5.91 Å². The minimum Gasteiger partial charge on any atom is -0.489 e. The summed E-state index contributed by atoms with van der Waals surface area (Å²) in [7, 11) is 1.98. The molecule has 2 aromatic rings. The fourth-order valence-corrected chi connectivity index (χ4v) is 3.43. The van der Waals surface area contributed by atoms with Gasteiger partial charge in [-0.15, -0.1) is 0 Å². The molecule has 0 spiro atoms. The van der Waals surface area contributed by atoms with Gasteiger partial charge in [-0.25, -0.2) is 0 Å². The maximum atomic E-state index is 12.4. The van der Waals surface area contributed by atoms with Crippen LogP contribution in [0.2, 0.25) is 0 Å². The number of carbonyl (C=O) groups is 1. The topological polar surface area (TPSA) is 50.8 Å². The molecular formula is C23H30N2O3. The third kappa shape index (κ3) is 6.27. The molecule has 2 aromatic carbocycles. The van der Waals surface area contributed by atoms with Crippen molar-refractivity contribution in [2.75, 3.05) is 33.3 Å². The highest BCUT2D eigenvalue weighted by atomic mass is 16.5. The van der Waals surface area contributed by atoms with Crippen LogP contribution in [0.4, 0.5) is 0 Å². The monoisotopic (exact) mass is 382 g/mol. The van der Waals surface area contributed by atoms with Gasteiger partial charge in [-0.1, -0.05) is 30.3 Å². The number of piperidine rings is 1. The number of hydrogen-bond acceptors (Lipinski definition) is 4. The number of hydrogen-bond donors (Lipinski definition) is 1. The van der Waals surface area contributed by atoms with Gasteiger partial charge in [-0.2, -0.15) is 0 Å². The van der Waals surface area contributed by atoms with Crippen LogP contribution in [0.25, 0.3) is 0 Å². The molecule has 1 N–H and O–H groups in total. The number of likely N-dealkylation sites (tertiary alicyclic amines) is 1. The van der Waals surface area contributed by atoms with Gasteiger partial charge >= 0.3 is 0 Å². The van der Waals surface area contributed by atoms with Crippen LogP contribution in [-0.4, -0.2) is 44.1 Å². The lowest BCUT2D eigenvalue weighted by atomic mass is 9.93. The number of amides is 1. The van der Waals surface area contributed by atoms with E-state index in [2.05, 4.69) is 5.32 Å². The number of benzene rings is 2. The summed E-state index contributed by atoms with van der Waals surface area (Å²) in [6.45, 7) is 3.34. The van der Waals surface area contributed by atoms with Gasteiger partial charge in [0.15, 0.2) is 6.61 Å². The largest absolute Gasteiger partial charge is 0.489 e. The van der Waals surface area contributed by atoms with E-state index in [0.29, 0.717) is 12.4 Å². The van der Waals surface area contributed by atoms with Gasteiger partial charge in [0.2, 0.25) is 0 Å². The van der Waals surface area contributed by atoms with Crippen LogP contribution in [0.1, 0.15) is 24.8 Å². The summed E-state index contributed by atoms with van der Waals surface area (Å²) in [5.41, 5.74) is 1.13. The molecule has 1 heterocycles. The van der Waals surface area contributed by atoms with Crippen molar-refractivity contribution >= 4 is 5.91 Å². The second-order valence-corrected chi connectivity index (χ2v) is 7.25. The fourth-order valence-electron chi connectivity index (χ4n) is 3.43. The average Bonchev–Trinajstić information content (AvgIpc) is 2.76. The van der Waals surface area contributed by atoms with Crippen LogP contribution >= 0.6 is 0 Å². The third-order valence-corrected chi connectivity index (χ3v) is 5.20. The van der Waals surface area contributed by atoms with E-state index in [1.165, 1.54) is 6.42 Å². The van der Waals surface area contributed by atoms with Crippen molar-refractivity contribution in [2.45, 2.75) is 25.9 Å². The van der Waals surface area contributed by atoms with Crippen LogP contribution < -0.4 is 14.8 Å². The second-order valence-electron chi connectivity index (χ2n) is 7.25. The number of rotatable bonds is 9. The summed E-state index contributed by atoms with van der Waals surface area (Å²) in [4.78, 5) is 14.3. The predicted octanol–water partition coefficient (Wildman–Crippen LogP) is 3.49. The number of nitrogens with one attached hydrogen (secondary N) is 1. The summed E-state index contributed by atoms with van der Waals surface area (Å²) in [5.74, 6) is 2.26. The van der Waals surface area contributed by atoms with Crippen LogP contribution in [0, 0.1) is 5.92 Å². The number of ether oxygens (including phenoxy) is 2. The van der Waals surface area contributed by atoms with E-state index in [9.17, 15) is 4.79 Å². The minimum absolute atomic E-state index is 0.0662. The van der Waals surface area contributed by atoms with Crippen LogP contribution in [0.15, 0.2) is 54.6 Å². The average molecular weight is 383 g/mol. The zero-order valence-corrected chi connectivity index (χ0v) is 16.6. The quantitative estimate of drug-likeness (QED) is 0.721. The molecule has 0 bridgehead atoms. The van der Waals surface area contributed by atoms with Crippen molar-refractivity contribution in [3.8, 4) is 11.5 Å². The first-order valence-electron chi connectivity index (χ1n) is 10.1. The summed E-state index contributed by atoms with van der Waals surface area (Å²) in [6.07, 6.45) is 3.36. The maximum Gasteiger partial charge on any atom is 0.260 e. The molecule has 0 aliphatic carbocycles. The number of carbonyl (C=O) groups excluding carboxylic acids is 1. The summed E-state index contributed by atoms with van der Waals surface area (Å²) in [5, 5.41) is 3.20. The summed E-state index contributed by atoms with van der Waals surface area (Å²) in [6, 6.07) is 17.5. The van der Waals surface area contributed by atoms with Gasteiger partial charge in [-0.3, -0.25) is 4.79 Å². The predicted molar refractivity (Wildman–Crippen MR) is 111 cm³/mol. The standard InChI is InChI=1S/C23H30N2O3/c1-24-14-11-19-12-15-25(16-13-19)23(26)18-28-22-9-7-21(8-10-22)27-17-20-5-3-2-4-6-20/h2-10,19,24H,11-18H2,1H3. The van der Waals surface area contributed by atoms with E-state index in [4.69, 9.17) is 9.47 Å². The molecule has 3 rings (SSSR count). The normalized spacial score (nSPS) is 14.7. The Morgan fingerprint density at radius 1 is 1.00 bits per heavy atom. The van der Waals surface area contributed by atoms with Crippen molar-refractivity contribution in [2.24, 2.45) is 5.92 Å². The van der Waals surface area contributed by atoms with Crippen molar-refractivity contribution in [1.82, 2.24) is 10.2 Å². The van der Waals surface area contributed by atoms with E-state index >= 15 is 0 Å². The second kappa shape index (κ2) is 10.7. The molecule has 1 saturated heterocycles. The Kier molecular flexibility index (Phi) is 7.73. The van der Waals surface area contributed by atoms with E-state index in [1.807, 2.05) is 66.5 Å². The molecule has 1 amide bonds. The third-order valence-electron chi connectivity index (χ3n) is 5.20. The molecule has 0 unspecified atom stereocenters. The van der Waals surface area contributed by atoms with Gasteiger partial charge in [0, 0.05) is 13.1 Å². The van der Waals surface area contributed by atoms with Crippen molar-refractivity contribution in [3.63, 3.8) is 0 Å². The molecular weight excluding hydrogens is 352 g/mol. The lowest BCUT2D eigenvalue weighted by Crippen LogP contribution is -2.41. The van der Waals surface area contributed by atoms with Crippen molar-refractivity contribution in [3.05, 3.63) is 60.2 Å². The van der Waals surface area contributed by atoms with E-state index in [0.717, 1.165) is 49.7 Å². The van der Waals surface area contributed by atoms with Crippen molar-refractivity contribution in [1.29, 1.82) is 0 Å². The molecule has 150 valence electrons. The molecule has 0 atom stereocenters. The van der Waals surface area contributed by atoms with E-state index in [1.54, 1.807) is 0 Å². The zero-order valence-electron chi connectivity index (χ0n) is 16.6. The summed E-state index contributed by atoms with van der Waals surface area (Å²) < 4.78 is 11.4. The van der Waals surface area contributed by atoms with Gasteiger partial charge in [-0.05, 0) is 68.6 Å². The van der Waals surface area contributed by atoms with Gasteiger partial charge < -0.3 is 19.7 Å². The van der Waals surface area contributed by atoms with E-state index in [-0.39, 0.29) is 12.5 Å². The molecule has 1 aliphatic heterocycles. The van der Waals surface area contributed by atoms with Gasteiger partial charge in [0.05, 0.1) is 0 Å². The van der Waals surface area contributed by atoms with Crippen LogP contribution in [-0.2, 0) is 11.4 Å². The molecule has 28 heavy (non-hydrogen) atoms. The lowest BCUT2D eigenvalue weighted by molar-refractivity contribution is -0.134. The first kappa shape index (κ1) is 20.2. The lowest BCUT2D eigenvalue weighted by Gasteiger charge is -2.32. The molecule has 1 aliphatic rings. The zero-order chi connectivity index (χ0) is 19.6. The highest BCUT2D eigenvalue weighted by Crippen LogP contribution is 2.21. The Labute approximate surface area is 167 Å². The van der Waals surface area contributed by atoms with E-state index < -0.39 is 0 Å². The first-order chi connectivity index (χ1) is 13.7. The first-order valence-corrected chi connectivity index (χ1v) is 10.1. The molecule has 0 aromatic heterocycles. The summed E-state index contributed by atoms with van der Waals surface area (Å²) >= 11 is 0. The Morgan fingerprint density at radius 3 is 2.29 bits per heavy atom. The molecule has 0 radical (unpaired) electrons. The van der Waals surface area contributed by atoms with Crippen molar-refractivity contribution < 1.29 is 14.3 Å². The minimum atomic E-state index is 0.0662. The Bertz CT molecular complexity index is 710. The smallest absolute Gasteiger partial charge is 0.260 e. The molecule has 1 fully saturated rings. The highest BCUT2D eigenvalue weighted by Gasteiger charge is 2.22. The fraction of sp³-hybridized carbons (Fsp3) is 0.435. The maximum absolute atomic E-state index is 12.4. The Morgan fingerprint density at radius 2 is 1.64 bits per heavy atom. The Hall–Kier alpha value is -2.53. The molecule has 5 heteroatoms. The van der Waals surface area contributed by atoms with Crippen LogP contribution in [0.5, 0.6) is 11.5 Å².